The molecule has 1 aromatic heterocycles. The lowest BCUT2D eigenvalue weighted by Crippen LogP contribution is -2.49. The van der Waals surface area contributed by atoms with Crippen LogP contribution in [0.15, 0.2) is 71.6 Å². The molecule has 6 rings (SSSR count). The Labute approximate surface area is 328 Å². The third-order valence-electron chi connectivity index (χ3n) is 12.1. The van der Waals surface area contributed by atoms with E-state index in [9.17, 15) is 13.2 Å². The van der Waals surface area contributed by atoms with Crippen LogP contribution in [0.1, 0.15) is 68.5 Å². The van der Waals surface area contributed by atoms with Crippen LogP contribution in [0, 0.1) is 12.8 Å². The van der Waals surface area contributed by atoms with Crippen LogP contribution in [0.4, 0.5) is 0 Å². The first-order chi connectivity index (χ1) is 26.1. The normalized spacial score (nSPS) is 19.2. The molecular formula is C43H58N2O8SSi. The molecule has 1 fully saturated rings. The number of aromatic nitrogens is 1. The van der Waals surface area contributed by atoms with E-state index in [1.807, 2.05) is 55.5 Å². The first-order valence-corrected chi connectivity index (χ1v) is 23.6. The number of methoxy groups -OCH3 is 3. The Balaban J connectivity index is 1.29. The Morgan fingerprint density at radius 3 is 2.22 bits per heavy atom. The molecule has 2 aliphatic rings. The van der Waals surface area contributed by atoms with Gasteiger partial charge in [0.2, 0.25) is 0 Å². The summed E-state index contributed by atoms with van der Waals surface area (Å²) in [5.74, 6) is 1.13. The van der Waals surface area contributed by atoms with Crippen LogP contribution < -0.4 is 9.47 Å². The molecule has 0 unspecified atom stereocenters. The van der Waals surface area contributed by atoms with Crippen molar-refractivity contribution in [2.45, 2.75) is 101 Å². The summed E-state index contributed by atoms with van der Waals surface area (Å²) in [5, 5.41) is 0.951. The molecule has 0 spiro atoms. The number of aryl methyl sites for hydroxylation is 1. The molecule has 1 saturated heterocycles. The number of piperidine rings is 1. The monoisotopic (exact) mass is 790 g/mol. The van der Waals surface area contributed by atoms with Crippen molar-refractivity contribution in [1.82, 2.24) is 8.87 Å². The molecule has 4 aromatic rings. The minimum Gasteiger partial charge on any atom is -0.497 e. The van der Waals surface area contributed by atoms with Crippen LogP contribution in [0.5, 0.6) is 11.5 Å². The average molecular weight is 791 g/mol. The fourth-order valence-electron chi connectivity index (χ4n) is 7.74. The van der Waals surface area contributed by atoms with E-state index in [2.05, 4.69) is 38.8 Å². The highest BCUT2D eigenvalue weighted by Gasteiger charge is 2.44. The van der Waals surface area contributed by atoms with Gasteiger partial charge in [-0.1, -0.05) is 50.6 Å². The van der Waals surface area contributed by atoms with Gasteiger partial charge >= 0.3 is 0 Å². The second kappa shape index (κ2) is 16.5. The van der Waals surface area contributed by atoms with Crippen molar-refractivity contribution in [3.05, 3.63) is 89.1 Å². The van der Waals surface area contributed by atoms with Gasteiger partial charge in [-0.3, -0.25) is 9.69 Å². The number of Topliss-reactive ketones (excluding diaryl/α,β-unsaturated/α-hetero) is 1. The zero-order valence-corrected chi connectivity index (χ0v) is 35.7. The number of fused-ring (bicyclic) bond motifs is 5. The van der Waals surface area contributed by atoms with Gasteiger partial charge in [-0.15, -0.1) is 0 Å². The van der Waals surface area contributed by atoms with Crippen LogP contribution in [0.2, 0.25) is 18.1 Å². The van der Waals surface area contributed by atoms with Gasteiger partial charge in [-0.25, -0.2) is 12.4 Å². The van der Waals surface area contributed by atoms with Gasteiger partial charge in [0, 0.05) is 50.6 Å². The second-order valence-electron chi connectivity index (χ2n) is 16.6. The minimum absolute atomic E-state index is 0.0798. The molecule has 0 bridgehead atoms. The zero-order valence-electron chi connectivity index (χ0n) is 33.9. The number of nitrogens with zero attached hydrogens (tertiary/aromatic N) is 2. The molecule has 3 aromatic carbocycles. The second-order valence-corrected chi connectivity index (χ2v) is 23.2. The number of hydrogen-bond acceptors (Lipinski definition) is 9. The number of hydrogen-bond donors (Lipinski definition) is 0. The quantitative estimate of drug-likeness (QED) is 0.111. The minimum atomic E-state index is -4.02. The van der Waals surface area contributed by atoms with Crippen molar-refractivity contribution in [1.29, 1.82) is 0 Å². The van der Waals surface area contributed by atoms with Gasteiger partial charge in [-0.2, -0.15) is 0 Å². The molecular weight excluding hydrogens is 733 g/mol. The Bertz CT molecular complexity index is 2070. The summed E-state index contributed by atoms with van der Waals surface area (Å²) in [4.78, 5) is 16.9. The molecule has 0 N–H and O–H groups in total. The van der Waals surface area contributed by atoms with Gasteiger partial charge < -0.3 is 23.4 Å². The Kier molecular flexibility index (Phi) is 12.4. The lowest BCUT2D eigenvalue weighted by Gasteiger charge is -2.43. The molecule has 0 amide bonds. The number of carbonyl (C=O) groups is 1. The van der Waals surface area contributed by atoms with Crippen molar-refractivity contribution in [2.75, 3.05) is 41.0 Å². The van der Waals surface area contributed by atoms with E-state index in [4.69, 9.17) is 23.4 Å². The summed E-state index contributed by atoms with van der Waals surface area (Å²) in [7, 11) is -1.08. The smallest absolute Gasteiger partial charge is 0.268 e. The first kappa shape index (κ1) is 41.1. The van der Waals surface area contributed by atoms with E-state index in [1.165, 1.54) is 3.97 Å². The summed E-state index contributed by atoms with van der Waals surface area (Å²) in [6, 6.07) is 20.0. The number of carbonyl (C=O) groups excluding carboxylic acids is 1. The molecule has 3 heterocycles. The van der Waals surface area contributed by atoms with E-state index < -0.39 is 18.3 Å². The summed E-state index contributed by atoms with van der Waals surface area (Å²) in [6.07, 6.45) is 1.31. The van der Waals surface area contributed by atoms with Crippen molar-refractivity contribution in [2.24, 2.45) is 5.92 Å². The number of ketones is 1. The van der Waals surface area contributed by atoms with Crippen LogP contribution in [0.3, 0.4) is 0 Å². The highest BCUT2D eigenvalue weighted by Crippen LogP contribution is 2.45. The molecule has 12 heteroatoms. The van der Waals surface area contributed by atoms with Gasteiger partial charge in [0.25, 0.3) is 10.0 Å². The summed E-state index contributed by atoms with van der Waals surface area (Å²) in [6.45, 7) is 15.2. The topological polar surface area (TPSA) is 106 Å². The lowest BCUT2D eigenvalue weighted by atomic mass is 9.82. The average Bonchev–Trinajstić information content (AvgIpc) is 3.50. The van der Waals surface area contributed by atoms with Gasteiger partial charge in [0.15, 0.2) is 8.32 Å². The Hall–Kier alpha value is -3.52. The molecule has 4 atom stereocenters. The van der Waals surface area contributed by atoms with Crippen molar-refractivity contribution < 1.29 is 36.6 Å². The summed E-state index contributed by atoms with van der Waals surface area (Å²) < 4.78 is 60.8. The van der Waals surface area contributed by atoms with Crippen LogP contribution >= 0.6 is 0 Å². The largest absolute Gasteiger partial charge is 0.497 e. The zero-order chi connectivity index (χ0) is 39.7. The van der Waals surface area contributed by atoms with Crippen molar-refractivity contribution >= 4 is 35.0 Å². The van der Waals surface area contributed by atoms with E-state index in [0.29, 0.717) is 62.5 Å². The van der Waals surface area contributed by atoms with Gasteiger partial charge in [-0.05, 0) is 91.8 Å². The molecule has 0 radical (unpaired) electrons. The third-order valence-corrected chi connectivity index (χ3v) is 18.4. The van der Waals surface area contributed by atoms with E-state index in [-0.39, 0.29) is 46.3 Å². The fraction of sp³-hybridized carbons (Fsp3) is 0.512. The predicted octanol–water partition coefficient (Wildman–Crippen LogP) is 8.09. The highest BCUT2D eigenvalue weighted by molar-refractivity contribution is 7.90. The number of ether oxygens (including phenoxy) is 4. The first-order valence-electron chi connectivity index (χ1n) is 19.3. The van der Waals surface area contributed by atoms with Crippen LogP contribution in [0.25, 0.3) is 10.9 Å². The van der Waals surface area contributed by atoms with Gasteiger partial charge in [0.1, 0.15) is 17.3 Å². The Morgan fingerprint density at radius 2 is 1.58 bits per heavy atom. The molecule has 2 aliphatic heterocycles. The summed E-state index contributed by atoms with van der Waals surface area (Å²) >= 11 is 0. The van der Waals surface area contributed by atoms with E-state index >= 15 is 0 Å². The predicted molar refractivity (Wildman–Crippen MR) is 218 cm³/mol. The lowest BCUT2D eigenvalue weighted by molar-refractivity contribution is -0.133. The number of rotatable bonds is 15. The molecule has 10 nitrogen and oxygen atoms in total. The number of benzene rings is 3. The van der Waals surface area contributed by atoms with Gasteiger partial charge in [0.05, 0.1) is 55.2 Å². The molecule has 0 aliphatic carbocycles. The van der Waals surface area contributed by atoms with E-state index in [1.54, 1.807) is 39.5 Å². The fourth-order valence-corrected chi connectivity index (χ4v) is 10.4. The maximum absolute atomic E-state index is 14.6. The van der Waals surface area contributed by atoms with Crippen molar-refractivity contribution in [3.63, 3.8) is 0 Å². The van der Waals surface area contributed by atoms with Crippen molar-refractivity contribution in [3.8, 4) is 11.5 Å². The SMILES string of the molecule is COc1ccc(CO[C@@H](C[C@H]2CN3CCc4c(n(S(=O)(=O)c5ccc(C)cc5)c5cc(OC)ccc45)[C@@H]3CC2=O)[C@H](CCO[Si](C)(C)C(C)(C)C)OC)cc1. The maximum Gasteiger partial charge on any atom is 0.268 e. The summed E-state index contributed by atoms with van der Waals surface area (Å²) in [5.41, 5.74) is 4.18. The third kappa shape index (κ3) is 8.60. The van der Waals surface area contributed by atoms with E-state index in [0.717, 1.165) is 27.8 Å². The maximum atomic E-state index is 14.6. The molecule has 0 saturated carbocycles. The highest BCUT2D eigenvalue weighted by atomic mass is 32.2. The van der Waals surface area contributed by atoms with Crippen LogP contribution in [-0.4, -0.2) is 84.6 Å². The molecule has 298 valence electrons. The van der Waals surface area contributed by atoms with Crippen LogP contribution in [-0.2, 0) is 41.7 Å². The molecule has 55 heavy (non-hydrogen) atoms. The Morgan fingerprint density at radius 1 is 0.909 bits per heavy atom. The standard InChI is InChI=1S/C43H58N2O8SSi/c1-29-10-17-34(18-11-29)54(47,48)45-37-25-33(50-6)16-19-35(37)36-20-22-44-27-31(39(46)26-38(44)42(36)45)24-41(52-28-30-12-14-32(49-5)15-13-30)40(51-7)21-23-53-55(8,9)43(2,3)4/h10-19,25,31,38,40-41H,20-24,26-28H2,1-9H3/t31-,38-,40-,41-/m0/s1.